The van der Waals surface area contributed by atoms with E-state index in [9.17, 15) is 19.3 Å². The lowest BCUT2D eigenvalue weighted by Crippen LogP contribution is -2.16. The number of hydrogen-bond donors (Lipinski definition) is 1. The van der Waals surface area contributed by atoms with Crippen LogP contribution in [0, 0.1) is 22.9 Å². The number of aromatic nitrogens is 2. The zero-order valence-electron chi connectivity index (χ0n) is 13.1. The minimum Gasteiger partial charge on any atom is -0.306 e. The monoisotopic (exact) mass is 340 g/mol. The summed E-state index contributed by atoms with van der Waals surface area (Å²) in [6.07, 6.45) is 0. The molecule has 1 heterocycles. The van der Waals surface area contributed by atoms with E-state index in [1.54, 1.807) is 19.1 Å². The normalized spacial score (nSPS) is 10.5. The highest BCUT2D eigenvalue weighted by atomic mass is 19.1. The summed E-state index contributed by atoms with van der Waals surface area (Å²) in [6, 6.07) is 13.0. The molecule has 0 aliphatic heterocycles. The first-order chi connectivity index (χ1) is 12.0. The molecular weight excluding hydrogens is 327 g/mol. The molecule has 0 bridgehead atoms. The number of nitro benzene ring substituents is 1. The maximum absolute atomic E-state index is 13.7. The average Bonchev–Trinajstić information content (AvgIpc) is 2.95. The van der Waals surface area contributed by atoms with Gasteiger partial charge in [0.2, 0.25) is 0 Å². The standard InChI is InChI=1S/C17H13FN4O3/c1-11-10-16(19-17(23)14-4-2-3-5-15(14)18)21(20-11)12-6-8-13(9-7-12)22(24)25/h2-10H,1H3,(H,19,23). The third-order valence-electron chi connectivity index (χ3n) is 3.50. The lowest BCUT2D eigenvalue weighted by atomic mass is 10.2. The molecule has 0 radical (unpaired) electrons. The molecule has 0 unspecified atom stereocenters. The molecule has 1 amide bonds. The predicted octanol–water partition coefficient (Wildman–Crippen LogP) is 3.48. The number of nitro groups is 1. The molecule has 1 aromatic heterocycles. The number of carbonyl (C=O) groups is 1. The fourth-order valence-electron chi connectivity index (χ4n) is 2.33. The van der Waals surface area contributed by atoms with E-state index in [0.717, 1.165) is 0 Å². The molecule has 0 aliphatic rings. The lowest BCUT2D eigenvalue weighted by Gasteiger charge is -2.09. The molecule has 126 valence electrons. The first-order valence-corrected chi connectivity index (χ1v) is 7.33. The van der Waals surface area contributed by atoms with Gasteiger partial charge in [-0.05, 0) is 31.2 Å². The van der Waals surface area contributed by atoms with Crippen molar-refractivity contribution < 1.29 is 14.1 Å². The Morgan fingerprint density at radius 3 is 2.52 bits per heavy atom. The van der Waals surface area contributed by atoms with E-state index in [1.165, 1.54) is 47.1 Å². The van der Waals surface area contributed by atoms with Crippen molar-refractivity contribution in [2.45, 2.75) is 6.92 Å². The highest BCUT2D eigenvalue weighted by Gasteiger charge is 2.15. The van der Waals surface area contributed by atoms with Gasteiger partial charge in [-0.1, -0.05) is 12.1 Å². The van der Waals surface area contributed by atoms with Crippen LogP contribution in [0.4, 0.5) is 15.9 Å². The number of non-ortho nitro benzene ring substituents is 1. The highest BCUT2D eigenvalue weighted by molar-refractivity contribution is 6.04. The van der Waals surface area contributed by atoms with Crippen LogP contribution < -0.4 is 5.32 Å². The molecule has 0 spiro atoms. The van der Waals surface area contributed by atoms with Gasteiger partial charge in [-0.25, -0.2) is 9.07 Å². The maximum Gasteiger partial charge on any atom is 0.269 e. The van der Waals surface area contributed by atoms with Crippen molar-refractivity contribution in [3.8, 4) is 5.69 Å². The minimum absolute atomic E-state index is 0.0513. The van der Waals surface area contributed by atoms with Gasteiger partial charge in [0, 0.05) is 18.2 Å². The molecule has 8 heteroatoms. The molecule has 0 saturated heterocycles. The summed E-state index contributed by atoms with van der Waals surface area (Å²) in [7, 11) is 0. The molecule has 2 aromatic carbocycles. The molecule has 1 N–H and O–H groups in total. The second-order valence-corrected chi connectivity index (χ2v) is 5.29. The number of nitrogens with zero attached hydrogens (tertiary/aromatic N) is 3. The van der Waals surface area contributed by atoms with Crippen LogP contribution >= 0.6 is 0 Å². The zero-order valence-corrected chi connectivity index (χ0v) is 13.1. The third-order valence-corrected chi connectivity index (χ3v) is 3.50. The van der Waals surface area contributed by atoms with Gasteiger partial charge >= 0.3 is 0 Å². The summed E-state index contributed by atoms with van der Waals surface area (Å²) in [6.45, 7) is 1.74. The molecule has 3 rings (SSSR count). The van der Waals surface area contributed by atoms with Crippen molar-refractivity contribution >= 4 is 17.4 Å². The molecular formula is C17H13FN4O3. The van der Waals surface area contributed by atoms with Crippen LogP contribution in [0.2, 0.25) is 0 Å². The summed E-state index contributed by atoms with van der Waals surface area (Å²) in [5.41, 5.74) is 1.02. The number of amides is 1. The number of halogens is 1. The summed E-state index contributed by atoms with van der Waals surface area (Å²) >= 11 is 0. The van der Waals surface area contributed by atoms with E-state index in [1.807, 2.05) is 0 Å². The van der Waals surface area contributed by atoms with E-state index in [2.05, 4.69) is 10.4 Å². The number of nitrogens with one attached hydrogen (secondary N) is 1. The second kappa shape index (κ2) is 6.52. The number of anilines is 1. The summed E-state index contributed by atoms with van der Waals surface area (Å²) in [4.78, 5) is 22.5. The van der Waals surface area contributed by atoms with Gasteiger partial charge in [-0.2, -0.15) is 5.10 Å². The summed E-state index contributed by atoms with van der Waals surface area (Å²) in [5.74, 6) is -0.904. The molecule has 0 saturated carbocycles. The van der Waals surface area contributed by atoms with Crippen LogP contribution in [0.3, 0.4) is 0 Å². The largest absolute Gasteiger partial charge is 0.306 e. The number of aryl methyl sites for hydroxylation is 1. The Morgan fingerprint density at radius 2 is 1.88 bits per heavy atom. The van der Waals surface area contributed by atoms with Gasteiger partial charge in [-0.15, -0.1) is 0 Å². The maximum atomic E-state index is 13.7. The SMILES string of the molecule is Cc1cc(NC(=O)c2ccccc2F)n(-c2ccc([N+](=O)[O-])cc2)n1. The van der Waals surface area contributed by atoms with Crippen molar-refractivity contribution in [2.24, 2.45) is 0 Å². The molecule has 0 aliphatic carbocycles. The van der Waals surface area contributed by atoms with Crippen molar-refractivity contribution in [3.05, 3.63) is 81.8 Å². The Hall–Kier alpha value is -3.55. The van der Waals surface area contributed by atoms with Gasteiger partial charge < -0.3 is 5.32 Å². The van der Waals surface area contributed by atoms with Crippen LogP contribution in [0.25, 0.3) is 5.69 Å². The first kappa shape index (κ1) is 16.3. The van der Waals surface area contributed by atoms with Gasteiger partial charge in [0.25, 0.3) is 11.6 Å². The van der Waals surface area contributed by atoms with Crippen LogP contribution in [0.15, 0.2) is 54.6 Å². The molecule has 7 nitrogen and oxygen atoms in total. The van der Waals surface area contributed by atoms with Crippen molar-refractivity contribution in [3.63, 3.8) is 0 Å². The van der Waals surface area contributed by atoms with Gasteiger partial charge in [0.15, 0.2) is 0 Å². The minimum atomic E-state index is -0.627. The summed E-state index contributed by atoms with van der Waals surface area (Å²) in [5, 5.41) is 17.6. The van der Waals surface area contributed by atoms with Crippen LogP contribution in [0.1, 0.15) is 16.1 Å². The van der Waals surface area contributed by atoms with Crippen molar-refractivity contribution in [1.29, 1.82) is 0 Å². The fourth-order valence-corrected chi connectivity index (χ4v) is 2.33. The average molecular weight is 340 g/mol. The van der Waals surface area contributed by atoms with Crippen LogP contribution in [-0.2, 0) is 0 Å². The van der Waals surface area contributed by atoms with Crippen molar-refractivity contribution in [1.82, 2.24) is 9.78 Å². The third kappa shape index (κ3) is 3.37. The Balaban J connectivity index is 1.92. The molecule has 0 fully saturated rings. The van der Waals surface area contributed by atoms with E-state index >= 15 is 0 Å². The van der Waals surface area contributed by atoms with E-state index in [0.29, 0.717) is 17.2 Å². The van der Waals surface area contributed by atoms with Crippen LogP contribution in [0.5, 0.6) is 0 Å². The Bertz CT molecular complexity index is 951. The number of hydrogen-bond acceptors (Lipinski definition) is 4. The van der Waals surface area contributed by atoms with Gasteiger partial charge in [0.1, 0.15) is 11.6 Å². The smallest absolute Gasteiger partial charge is 0.269 e. The fraction of sp³-hybridized carbons (Fsp3) is 0.0588. The van der Waals surface area contributed by atoms with Crippen molar-refractivity contribution in [2.75, 3.05) is 5.32 Å². The second-order valence-electron chi connectivity index (χ2n) is 5.29. The van der Waals surface area contributed by atoms with Crippen LogP contribution in [-0.4, -0.2) is 20.6 Å². The lowest BCUT2D eigenvalue weighted by molar-refractivity contribution is -0.384. The Labute approximate surface area is 141 Å². The quantitative estimate of drug-likeness (QED) is 0.581. The first-order valence-electron chi connectivity index (χ1n) is 7.33. The molecule has 0 atom stereocenters. The van der Waals surface area contributed by atoms with E-state index < -0.39 is 16.6 Å². The highest BCUT2D eigenvalue weighted by Crippen LogP contribution is 2.21. The zero-order chi connectivity index (χ0) is 18.0. The number of rotatable bonds is 4. The number of carbonyl (C=O) groups excluding carboxylic acids is 1. The predicted molar refractivity (Wildman–Crippen MR) is 89.3 cm³/mol. The van der Waals surface area contributed by atoms with Gasteiger partial charge in [0.05, 0.1) is 21.9 Å². The van der Waals surface area contributed by atoms with Gasteiger partial charge in [-0.3, -0.25) is 14.9 Å². The Kier molecular flexibility index (Phi) is 4.25. The topological polar surface area (TPSA) is 90.1 Å². The molecule has 25 heavy (non-hydrogen) atoms. The van der Waals surface area contributed by atoms with E-state index in [4.69, 9.17) is 0 Å². The summed E-state index contributed by atoms with van der Waals surface area (Å²) < 4.78 is 15.2. The Morgan fingerprint density at radius 1 is 1.20 bits per heavy atom. The molecule has 3 aromatic rings. The van der Waals surface area contributed by atoms with E-state index in [-0.39, 0.29) is 11.3 Å². The number of benzene rings is 2.